The Balaban J connectivity index is 1.56. The lowest BCUT2D eigenvalue weighted by Crippen LogP contribution is -2.48. The minimum absolute atomic E-state index is 0.189. The van der Waals surface area contributed by atoms with Crippen LogP contribution in [0.2, 0.25) is 41.5 Å². The Morgan fingerprint density at radius 1 is 0.973 bits per heavy atom. The number of hydrogen-bond donors (Lipinski definition) is 0. The molecule has 4 rings (SSSR count). The predicted molar refractivity (Wildman–Crippen MR) is 159 cm³/mol. The molecule has 2 fully saturated rings. The van der Waals surface area contributed by atoms with Crippen LogP contribution in [-0.2, 0) is 8.85 Å². The molecule has 0 amide bonds. The number of aromatic nitrogens is 4. The summed E-state index contributed by atoms with van der Waals surface area (Å²) >= 11 is 6.54. The smallest absolute Gasteiger partial charge is 0.226 e. The van der Waals surface area contributed by atoms with Crippen LogP contribution >= 0.6 is 11.6 Å². The van der Waals surface area contributed by atoms with E-state index in [0.717, 1.165) is 61.4 Å². The van der Waals surface area contributed by atoms with Crippen molar-refractivity contribution in [3.63, 3.8) is 0 Å². The van der Waals surface area contributed by atoms with Crippen LogP contribution in [0.4, 0.5) is 5.82 Å². The summed E-state index contributed by atoms with van der Waals surface area (Å²) in [5, 5.41) is 6.68. The van der Waals surface area contributed by atoms with Crippen molar-refractivity contribution in [2.75, 3.05) is 18.1 Å². The quantitative estimate of drug-likeness (QED) is 0.256. The molecule has 1 saturated heterocycles. The molecular formula is C27H48ClN5O2Si2. The van der Waals surface area contributed by atoms with E-state index in [-0.39, 0.29) is 33.5 Å². The Bertz CT molecular complexity index is 1130. The first-order valence-electron chi connectivity index (χ1n) is 13.9. The first kappa shape index (κ1) is 29.0. The first-order valence-corrected chi connectivity index (χ1v) is 20.1. The molecule has 2 aromatic rings. The first-order chi connectivity index (χ1) is 16.9. The lowest BCUT2D eigenvalue weighted by Gasteiger charge is -2.44. The molecule has 1 aliphatic carbocycles. The van der Waals surface area contributed by atoms with E-state index in [9.17, 15) is 0 Å². The predicted octanol–water partition coefficient (Wildman–Crippen LogP) is 7.50. The highest BCUT2D eigenvalue weighted by molar-refractivity contribution is 6.74. The molecule has 7 nitrogen and oxygen atoms in total. The summed E-state index contributed by atoms with van der Waals surface area (Å²) in [5.74, 6) is 0.911. The molecule has 37 heavy (non-hydrogen) atoms. The van der Waals surface area contributed by atoms with Gasteiger partial charge in [-0.1, -0.05) is 41.5 Å². The topological polar surface area (TPSA) is 65.3 Å². The zero-order valence-corrected chi connectivity index (χ0v) is 27.7. The standard InChI is InChI=1S/C27H48ClN5O2Si2/c1-18-22-23(32-14-12-13-19(32)17-34-36(8,9)26(2,3)4)29-25(28)30-24(22)33(31-18)20-15-21(16-20)35-37(10,11)27(5,6)7/h19-21H,12-17H2,1-11H3/t19-,20?,21?/m0/s1. The van der Waals surface area contributed by atoms with E-state index in [4.69, 9.17) is 30.5 Å². The van der Waals surface area contributed by atoms with Crippen LogP contribution in [0.5, 0.6) is 0 Å². The van der Waals surface area contributed by atoms with Crippen LogP contribution in [0, 0.1) is 6.92 Å². The molecule has 1 aliphatic heterocycles. The molecular weight excluding hydrogens is 518 g/mol. The fraction of sp³-hybridized carbons (Fsp3) is 0.815. The maximum atomic E-state index is 6.65. The third-order valence-corrected chi connectivity index (χ3v) is 18.7. The maximum absolute atomic E-state index is 6.65. The Labute approximate surface area is 230 Å². The number of halogens is 1. The van der Waals surface area contributed by atoms with E-state index < -0.39 is 16.6 Å². The summed E-state index contributed by atoms with van der Waals surface area (Å²) in [6.45, 7) is 26.8. The van der Waals surface area contributed by atoms with Gasteiger partial charge in [-0.15, -0.1) is 0 Å². The molecule has 0 aromatic carbocycles. The van der Waals surface area contributed by atoms with Gasteiger partial charge in [-0.2, -0.15) is 15.1 Å². The minimum atomic E-state index is -1.83. The second-order valence-electron chi connectivity index (χ2n) is 14.2. The van der Waals surface area contributed by atoms with Gasteiger partial charge in [-0.05, 0) is 80.5 Å². The van der Waals surface area contributed by atoms with Crippen molar-refractivity contribution < 1.29 is 8.85 Å². The third-order valence-electron chi connectivity index (χ3n) is 9.46. The van der Waals surface area contributed by atoms with E-state index in [1.165, 1.54) is 0 Å². The van der Waals surface area contributed by atoms with Crippen molar-refractivity contribution in [2.45, 2.75) is 129 Å². The summed E-state index contributed by atoms with van der Waals surface area (Å²) < 4.78 is 15.4. The van der Waals surface area contributed by atoms with Gasteiger partial charge >= 0.3 is 0 Å². The average molecular weight is 566 g/mol. The van der Waals surface area contributed by atoms with Crippen molar-refractivity contribution in [3.05, 3.63) is 11.0 Å². The summed E-state index contributed by atoms with van der Waals surface area (Å²) in [4.78, 5) is 11.8. The van der Waals surface area contributed by atoms with Crippen LogP contribution < -0.4 is 4.90 Å². The van der Waals surface area contributed by atoms with Gasteiger partial charge in [0.2, 0.25) is 5.28 Å². The van der Waals surface area contributed by atoms with Gasteiger partial charge in [0, 0.05) is 12.6 Å². The van der Waals surface area contributed by atoms with Gasteiger partial charge in [-0.3, -0.25) is 0 Å². The summed E-state index contributed by atoms with van der Waals surface area (Å²) in [6.07, 6.45) is 4.44. The monoisotopic (exact) mass is 565 g/mol. The van der Waals surface area contributed by atoms with Crippen LogP contribution in [-0.4, -0.2) is 61.7 Å². The number of rotatable bonds is 7. The number of fused-ring (bicyclic) bond motifs is 1. The van der Waals surface area contributed by atoms with Gasteiger partial charge < -0.3 is 13.8 Å². The molecule has 0 radical (unpaired) electrons. The summed E-state index contributed by atoms with van der Waals surface area (Å²) in [6, 6.07) is 0.568. The summed E-state index contributed by atoms with van der Waals surface area (Å²) in [7, 11) is -3.62. The highest BCUT2D eigenvalue weighted by Crippen LogP contribution is 2.44. The number of nitrogens with zero attached hydrogens (tertiary/aromatic N) is 5. The zero-order valence-electron chi connectivity index (χ0n) is 24.9. The molecule has 0 spiro atoms. The molecule has 2 aromatic heterocycles. The largest absolute Gasteiger partial charge is 0.415 e. The van der Waals surface area contributed by atoms with E-state index in [1.54, 1.807) is 0 Å². The fourth-order valence-corrected chi connectivity index (χ4v) is 7.44. The molecule has 1 saturated carbocycles. The Morgan fingerprint density at radius 2 is 1.59 bits per heavy atom. The van der Waals surface area contributed by atoms with Gasteiger partial charge in [0.25, 0.3) is 0 Å². The van der Waals surface area contributed by atoms with E-state index >= 15 is 0 Å². The number of aryl methyl sites for hydroxylation is 1. The van der Waals surface area contributed by atoms with Crippen LogP contribution in [0.15, 0.2) is 0 Å². The van der Waals surface area contributed by atoms with Crippen LogP contribution in [0.25, 0.3) is 11.0 Å². The SMILES string of the molecule is Cc1nn(C2CC(O[Si](C)(C)C(C)(C)C)C2)c2nc(Cl)nc(N3CCC[C@H]3CO[Si](C)(C)C(C)(C)C)c12. The highest BCUT2D eigenvalue weighted by Gasteiger charge is 2.44. The minimum Gasteiger partial charge on any atom is -0.415 e. The fourth-order valence-electron chi connectivity index (χ4n) is 4.86. The van der Waals surface area contributed by atoms with E-state index in [0.29, 0.717) is 0 Å². The second kappa shape index (κ2) is 9.87. The Morgan fingerprint density at radius 3 is 2.19 bits per heavy atom. The molecule has 2 aliphatic rings. The normalized spacial score (nSPS) is 23.7. The maximum Gasteiger partial charge on any atom is 0.226 e. The molecule has 1 atom stereocenters. The number of hydrogen-bond acceptors (Lipinski definition) is 6. The van der Waals surface area contributed by atoms with Gasteiger partial charge in [-0.25, -0.2) is 4.68 Å². The Hall–Kier alpha value is -1.01. The summed E-state index contributed by atoms with van der Waals surface area (Å²) in [5.41, 5.74) is 1.81. The van der Waals surface area contributed by atoms with Gasteiger partial charge in [0.05, 0.1) is 29.8 Å². The molecule has 0 bridgehead atoms. The molecule has 208 valence electrons. The zero-order chi connectivity index (χ0) is 27.6. The van der Waals surface area contributed by atoms with Gasteiger partial charge in [0.15, 0.2) is 22.3 Å². The van der Waals surface area contributed by atoms with Crippen molar-refractivity contribution >= 4 is 45.1 Å². The second-order valence-corrected chi connectivity index (χ2v) is 24.1. The van der Waals surface area contributed by atoms with E-state index in [2.05, 4.69) is 89.2 Å². The lowest BCUT2D eigenvalue weighted by atomic mass is 9.90. The Kier molecular flexibility index (Phi) is 7.74. The van der Waals surface area contributed by atoms with Crippen molar-refractivity contribution in [1.82, 2.24) is 19.7 Å². The molecule has 3 heterocycles. The molecule has 0 N–H and O–H groups in total. The van der Waals surface area contributed by atoms with Gasteiger partial charge in [0.1, 0.15) is 5.82 Å². The van der Waals surface area contributed by atoms with Crippen LogP contribution in [0.3, 0.4) is 0 Å². The average Bonchev–Trinajstić information content (AvgIpc) is 3.31. The van der Waals surface area contributed by atoms with Crippen molar-refractivity contribution in [1.29, 1.82) is 0 Å². The molecule has 10 heteroatoms. The third kappa shape index (κ3) is 5.67. The lowest BCUT2D eigenvalue weighted by molar-refractivity contribution is 0.0543. The van der Waals surface area contributed by atoms with Crippen LogP contribution in [0.1, 0.15) is 79.0 Å². The van der Waals surface area contributed by atoms with E-state index in [1.807, 2.05) is 0 Å². The van der Waals surface area contributed by atoms with Crippen molar-refractivity contribution in [3.8, 4) is 0 Å². The highest BCUT2D eigenvalue weighted by atomic mass is 35.5. The number of anilines is 1. The van der Waals surface area contributed by atoms with Crippen molar-refractivity contribution in [2.24, 2.45) is 0 Å². The molecule has 0 unspecified atom stereocenters.